The second kappa shape index (κ2) is 4.84. The van der Waals surface area contributed by atoms with Gasteiger partial charge in [0.2, 0.25) is 0 Å². The van der Waals surface area contributed by atoms with Crippen LogP contribution in [0.4, 0.5) is 0 Å². The first-order valence-corrected chi connectivity index (χ1v) is 6.75. The fraction of sp³-hybridized carbons (Fsp3) is 0.188. The molecule has 2 aromatic rings. The van der Waals surface area contributed by atoms with Crippen LogP contribution >= 0.6 is 11.6 Å². The van der Waals surface area contributed by atoms with Crippen molar-refractivity contribution in [3.63, 3.8) is 0 Å². The van der Waals surface area contributed by atoms with Crippen LogP contribution in [0.3, 0.4) is 0 Å². The summed E-state index contributed by atoms with van der Waals surface area (Å²) in [5, 5.41) is 19.0. The molecule has 0 amide bonds. The van der Waals surface area contributed by atoms with Gasteiger partial charge in [0.15, 0.2) is 0 Å². The summed E-state index contributed by atoms with van der Waals surface area (Å²) < 4.78 is 0. The maximum absolute atomic E-state index is 11.0. The molecule has 1 aliphatic carbocycles. The highest BCUT2D eigenvalue weighted by Gasteiger charge is 2.40. The van der Waals surface area contributed by atoms with Crippen molar-refractivity contribution in [2.24, 2.45) is 0 Å². The lowest BCUT2D eigenvalue weighted by molar-refractivity contribution is 0.0697. The molecule has 0 radical (unpaired) electrons. The van der Waals surface area contributed by atoms with E-state index in [1.54, 1.807) is 30.3 Å². The fourth-order valence-electron chi connectivity index (χ4n) is 2.63. The largest absolute Gasteiger partial charge is 0.508 e. The number of carboxylic acid groups (broad SMARTS) is 1. The average Bonchev–Trinajstić information content (AvgIpc) is 3.19. The van der Waals surface area contributed by atoms with Crippen LogP contribution in [-0.4, -0.2) is 16.2 Å². The van der Waals surface area contributed by atoms with E-state index in [1.807, 2.05) is 12.1 Å². The van der Waals surface area contributed by atoms with Crippen molar-refractivity contribution in [2.45, 2.75) is 18.3 Å². The number of carbonyl (C=O) groups is 1. The Morgan fingerprint density at radius 1 is 1.15 bits per heavy atom. The maximum Gasteiger partial charge on any atom is 0.335 e. The number of aromatic carboxylic acids is 1. The molecule has 2 aromatic carbocycles. The molecule has 4 heteroatoms. The number of carboxylic acids is 1. The predicted octanol–water partition coefficient (Wildman–Crippen LogP) is 4.01. The average molecular weight is 289 g/mol. The van der Waals surface area contributed by atoms with Crippen LogP contribution in [0.15, 0.2) is 42.5 Å². The number of phenolic OH excluding ortho intramolecular Hbond substituents is 1. The second-order valence-electron chi connectivity index (χ2n) is 5.09. The summed E-state index contributed by atoms with van der Waals surface area (Å²) in [6.07, 6.45) is 0.952. The van der Waals surface area contributed by atoms with Crippen LogP contribution in [0.5, 0.6) is 5.75 Å². The van der Waals surface area contributed by atoms with E-state index in [4.69, 9.17) is 16.7 Å². The number of hydrogen-bond acceptors (Lipinski definition) is 2. The Hall–Kier alpha value is -2.00. The number of aromatic hydroxyl groups is 1. The van der Waals surface area contributed by atoms with Gasteiger partial charge in [-0.1, -0.05) is 29.8 Å². The van der Waals surface area contributed by atoms with Crippen molar-refractivity contribution in [1.29, 1.82) is 0 Å². The molecule has 1 aliphatic rings. The van der Waals surface area contributed by atoms with Gasteiger partial charge in [0.05, 0.1) is 5.56 Å². The molecule has 3 rings (SSSR count). The van der Waals surface area contributed by atoms with Crippen molar-refractivity contribution in [3.05, 3.63) is 64.2 Å². The van der Waals surface area contributed by atoms with Crippen LogP contribution in [0.25, 0.3) is 0 Å². The fourth-order valence-corrected chi connectivity index (χ4v) is 2.94. The van der Waals surface area contributed by atoms with Crippen molar-refractivity contribution in [1.82, 2.24) is 0 Å². The van der Waals surface area contributed by atoms with Crippen molar-refractivity contribution < 1.29 is 15.0 Å². The zero-order chi connectivity index (χ0) is 14.3. The van der Waals surface area contributed by atoms with E-state index in [-0.39, 0.29) is 5.75 Å². The molecule has 0 unspecified atom stereocenters. The third-order valence-electron chi connectivity index (χ3n) is 3.74. The van der Waals surface area contributed by atoms with Crippen LogP contribution < -0.4 is 0 Å². The molecule has 0 heterocycles. The first-order chi connectivity index (χ1) is 9.56. The highest BCUT2D eigenvalue weighted by atomic mass is 35.5. The van der Waals surface area contributed by atoms with Gasteiger partial charge in [-0.25, -0.2) is 4.79 Å². The first-order valence-electron chi connectivity index (χ1n) is 6.38. The van der Waals surface area contributed by atoms with Gasteiger partial charge in [0.25, 0.3) is 0 Å². The van der Waals surface area contributed by atoms with Gasteiger partial charge in [-0.15, -0.1) is 0 Å². The van der Waals surface area contributed by atoms with Crippen LogP contribution in [-0.2, 0) is 0 Å². The van der Waals surface area contributed by atoms with Gasteiger partial charge < -0.3 is 10.2 Å². The first kappa shape index (κ1) is 13.0. The van der Waals surface area contributed by atoms with E-state index in [2.05, 4.69) is 0 Å². The van der Waals surface area contributed by atoms with Crippen LogP contribution in [0.1, 0.15) is 39.7 Å². The summed E-state index contributed by atoms with van der Waals surface area (Å²) in [4.78, 5) is 11.0. The zero-order valence-electron chi connectivity index (χ0n) is 10.6. The van der Waals surface area contributed by atoms with E-state index in [1.165, 1.54) is 0 Å². The predicted molar refractivity (Wildman–Crippen MR) is 76.6 cm³/mol. The molecule has 102 valence electrons. The van der Waals surface area contributed by atoms with Gasteiger partial charge in [0.1, 0.15) is 5.75 Å². The molecule has 0 saturated heterocycles. The Labute approximate surface area is 121 Å². The van der Waals surface area contributed by atoms with Crippen LogP contribution in [0.2, 0.25) is 5.02 Å². The van der Waals surface area contributed by atoms with E-state index in [0.29, 0.717) is 22.4 Å². The summed E-state index contributed by atoms with van der Waals surface area (Å²) in [7, 11) is 0. The normalized spacial score (nSPS) is 20.6. The molecule has 2 N–H and O–H groups in total. The number of rotatable bonds is 3. The number of phenols is 1. The number of halogens is 1. The lowest BCUT2D eigenvalue weighted by atomic mass is 10.0. The molecule has 0 spiro atoms. The van der Waals surface area contributed by atoms with E-state index < -0.39 is 5.97 Å². The Morgan fingerprint density at radius 3 is 2.65 bits per heavy atom. The Bertz CT molecular complexity index is 681. The third kappa shape index (κ3) is 2.37. The van der Waals surface area contributed by atoms with Gasteiger partial charge in [-0.3, -0.25) is 0 Å². The minimum atomic E-state index is -0.910. The molecular formula is C16H13ClO3. The zero-order valence-corrected chi connectivity index (χ0v) is 11.3. The van der Waals surface area contributed by atoms with Crippen molar-refractivity contribution in [2.75, 3.05) is 0 Å². The quantitative estimate of drug-likeness (QED) is 0.897. The van der Waals surface area contributed by atoms with Gasteiger partial charge in [-0.05, 0) is 53.6 Å². The lowest BCUT2D eigenvalue weighted by Crippen LogP contribution is -1.97. The molecule has 20 heavy (non-hydrogen) atoms. The monoisotopic (exact) mass is 288 g/mol. The molecule has 2 atom stereocenters. The summed E-state index contributed by atoms with van der Waals surface area (Å²) in [5.41, 5.74) is 2.35. The lowest BCUT2D eigenvalue weighted by Gasteiger charge is -2.05. The number of benzene rings is 2. The highest BCUT2D eigenvalue weighted by Crippen LogP contribution is 2.56. The van der Waals surface area contributed by atoms with Gasteiger partial charge in [-0.2, -0.15) is 0 Å². The minimum Gasteiger partial charge on any atom is -0.508 e. The molecule has 1 saturated carbocycles. The van der Waals surface area contributed by atoms with E-state index in [9.17, 15) is 9.90 Å². The van der Waals surface area contributed by atoms with Crippen molar-refractivity contribution in [3.8, 4) is 5.75 Å². The van der Waals surface area contributed by atoms with E-state index >= 15 is 0 Å². The summed E-state index contributed by atoms with van der Waals surface area (Å²) in [5.74, 6) is -0.154. The standard InChI is InChI=1S/C16H13ClO3/c17-15-7-11(18)4-5-12(15)14-8-13(14)9-2-1-3-10(6-9)16(19)20/h1-7,13-14,18H,8H2,(H,19,20)/t13-,14-/m1/s1. The van der Waals surface area contributed by atoms with Gasteiger partial charge >= 0.3 is 5.97 Å². The molecule has 0 aromatic heterocycles. The topological polar surface area (TPSA) is 57.5 Å². The SMILES string of the molecule is O=C(O)c1cccc([C@H]2C[C@@H]2c2ccc(O)cc2Cl)c1. The molecule has 0 aliphatic heterocycles. The number of hydrogen-bond donors (Lipinski definition) is 2. The summed E-state index contributed by atoms with van der Waals surface area (Å²) in [6.45, 7) is 0. The van der Waals surface area contributed by atoms with Gasteiger partial charge in [0, 0.05) is 5.02 Å². The Morgan fingerprint density at radius 2 is 1.95 bits per heavy atom. The molecular weight excluding hydrogens is 276 g/mol. The Kier molecular flexibility index (Phi) is 3.14. The molecule has 1 fully saturated rings. The van der Waals surface area contributed by atoms with E-state index in [0.717, 1.165) is 17.5 Å². The summed E-state index contributed by atoms with van der Waals surface area (Å²) in [6, 6.07) is 12.0. The smallest absolute Gasteiger partial charge is 0.335 e. The van der Waals surface area contributed by atoms with Crippen molar-refractivity contribution >= 4 is 17.6 Å². The third-order valence-corrected chi connectivity index (χ3v) is 4.06. The molecule has 3 nitrogen and oxygen atoms in total. The minimum absolute atomic E-state index is 0.156. The van der Waals surface area contributed by atoms with Crippen LogP contribution in [0, 0.1) is 0 Å². The second-order valence-corrected chi connectivity index (χ2v) is 5.49. The molecule has 0 bridgehead atoms. The maximum atomic E-state index is 11.0. The highest BCUT2D eigenvalue weighted by molar-refractivity contribution is 6.31. The Balaban J connectivity index is 1.85. The summed E-state index contributed by atoms with van der Waals surface area (Å²) >= 11 is 6.14.